The molecule has 5 nitrogen and oxygen atoms in total. The maximum atomic E-state index is 11.9. The zero-order valence-corrected chi connectivity index (χ0v) is 13.2. The number of benzene rings is 1. The number of hydrogen-bond donors (Lipinski definition) is 3. The van der Waals surface area contributed by atoms with Crippen molar-refractivity contribution >= 4 is 17.5 Å². The summed E-state index contributed by atoms with van der Waals surface area (Å²) >= 11 is 0. The Morgan fingerprint density at radius 3 is 2.19 bits per heavy atom. The van der Waals surface area contributed by atoms with Crippen molar-refractivity contribution in [2.45, 2.75) is 46.2 Å². The molecule has 1 unspecified atom stereocenters. The molecule has 0 saturated carbocycles. The summed E-state index contributed by atoms with van der Waals surface area (Å²) in [5.41, 5.74) is 1.43. The first-order valence-corrected chi connectivity index (χ1v) is 7.36. The minimum Gasteiger partial charge on any atom is -0.376 e. The predicted octanol–water partition coefficient (Wildman–Crippen LogP) is 2.15. The van der Waals surface area contributed by atoms with Gasteiger partial charge in [0, 0.05) is 23.3 Å². The molecule has 1 aromatic rings. The molecule has 116 valence electrons. The Labute approximate surface area is 126 Å². The summed E-state index contributed by atoms with van der Waals surface area (Å²) < 4.78 is 0. The van der Waals surface area contributed by atoms with Gasteiger partial charge in [0.05, 0.1) is 6.54 Å². The summed E-state index contributed by atoms with van der Waals surface area (Å²) in [6.45, 7) is 8.06. The molecular formula is C16H25N3O2. The molecule has 0 bridgehead atoms. The third-order valence-electron chi connectivity index (χ3n) is 3.04. The summed E-state index contributed by atoms with van der Waals surface area (Å²) in [6, 6.07) is 7.39. The van der Waals surface area contributed by atoms with E-state index in [4.69, 9.17) is 0 Å². The summed E-state index contributed by atoms with van der Waals surface area (Å²) in [4.78, 5) is 23.4. The summed E-state index contributed by atoms with van der Waals surface area (Å²) in [7, 11) is 0. The number of carbonyl (C=O) groups excluding carboxylic acids is 2. The maximum Gasteiger partial charge on any atom is 0.251 e. The first kappa shape index (κ1) is 17.0. The van der Waals surface area contributed by atoms with E-state index >= 15 is 0 Å². The molecule has 0 fully saturated rings. The van der Waals surface area contributed by atoms with Gasteiger partial charge in [0.15, 0.2) is 0 Å². The smallest absolute Gasteiger partial charge is 0.251 e. The van der Waals surface area contributed by atoms with Crippen molar-refractivity contribution in [1.29, 1.82) is 0 Å². The van der Waals surface area contributed by atoms with Crippen LogP contribution in [0.25, 0.3) is 0 Å². The maximum absolute atomic E-state index is 11.9. The SMILES string of the molecule is CCC(C)NC(=O)c1ccc(NCC(=O)NC(C)C)cc1. The minimum atomic E-state index is -0.0755. The molecule has 0 aliphatic carbocycles. The molecular weight excluding hydrogens is 266 g/mol. The van der Waals surface area contributed by atoms with Gasteiger partial charge in [-0.1, -0.05) is 6.92 Å². The van der Waals surface area contributed by atoms with Gasteiger partial charge in [-0.05, 0) is 51.5 Å². The van der Waals surface area contributed by atoms with E-state index in [2.05, 4.69) is 16.0 Å². The Balaban J connectivity index is 2.50. The summed E-state index contributed by atoms with van der Waals surface area (Å²) in [5, 5.41) is 8.74. The molecule has 5 heteroatoms. The summed E-state index contributed by atoms with van der Waals surface area (Å²) in [5.74, 6) is -0.128. The normalized spacial score (nSPS) is 11.9. The standard InChI is InChI=1S/C16H25N3O2/c1-5-12(4)19-16(21)13-6-8-14(9-7-13)17-10-15(20)18-11(2)3/h6-9,11-12,17H,5,10H2,1-4H3,(H,18,20)(H,19,21). The molecule has 0 saturated heterocycles. The number of nitrogens with one attached hydrogen (secondary N) is 3. The van der Waals surface area contributed by atoms with Gasteiger partial charge in [0.25, 0.3) is 5.91 Å². The largest absolute Gasteiger partial charge is 0.376 e. The Kier molecular flexibility index (Phi) is 6.72. The van der Waals surface area contributed by atoms with E-state index in [1.54, 1.807) is 24.3 Å². The van der Waals surface area contributed by atoms with E-state index in [0.29, 0.717) is 5.56 Å². The van der Waals surface area contributed by atoms with Crippen LogP contribution >= 0.6 is 0 Å². The van der Waals surface area contributed by atoms with E-state index in [-0.39, 0.29) is 30.4 Å². The molecule has 21 heavy (non-hydrogen) atoms. The first-order chi connectivity index (χ1) is 9.92. The van der Waals surface area contributed by atoms with Crippen LogP contribution in [0.5, 0.6) is 0 Å². The minimum absolute atomic E-state index is 0.0522. The molecule has 1 aromatic carbocycles. The van der Waals surface area contributed by atoms with Crippen LogP contribution in [0.15, 0.2) is 24.3 Å². The van der Waals surface area contributed by atoms with Crippen molar-refractivity contribution < 1.29 is 9.59 Å². The lowest BCUT2D eigenvalue weighted by molar-refractivity contribution is -0.119. The van der Waals surface area contributed by atoms with E-state index in [1.165, 1.54) is 0 Å². The third kappa shape index (κ3) is 6.29. The van der Waals surface area contributed by atoms with Gasteiger partial charge in [0.2, 0.25) is 5.91 Å². The number of amides is 2. The van der Waals surface area contributed by atoms with Crippen molar-refractivity contribution in [3.05, 3.63) is 29.8 Å². The van der Waals surface area contributed by atoms with Crippen molar-refractivity contribution in [3.63, 3.8) is 0 Å². The Bertz CT molecular complexity index is 469. The van der Waals surface area contributed by atoms with Crippen LogP contribution in [-0.4, -0.2) is 30.4 Å². The molecule has 0 heterocycles. The fourth-order valence-corrected chi connectivity index (χ4v) is 1.70. The average molecular weight is 291 g/mol. The fourth-order valence-electron chi connectivity index (χ4n) is 1.70. The van der Waals surface area contributed by atoms with Crippen LogP contribution in [0, 0.1) is 0 Å². The van der Waals surface area contributed by atoms with Gasteiger partial charge < -0.3 is 16.0 Å². The van der Waals surface area contributed by atoms with E-state index in [1.807, 2.05) is 27.7 Å². The van der Waals surface area contributed by atoms with Crippen LogP contribution in [0.3, 0.4) is 0 Å². The monoisotopic (exact) mass is 291 g/mol. The lowest BCUT2D eigenvalue weighted by Crippen LogP contribution is -2.34. The molecule has 1 rings (SSSR count). The van der Waals surface area contributed by atoms with Gasteiger partial charge in [-0.2, -0.15) is 0 Å². The first-order valence-electron chi connectivity index (χ1n) is 7.36. The number of hydrogen-bond acceptors (Lipinski definition) is 3. The van der Waals surface area contributed by atoms with E-state index < -0.39 is 0 Å². The van der Waals surface area contributed by atoms with Crippen molar-refractivity contribution in [1.82, 2.24) is 10.6 Å². The highest BCUT2D eigenvalue weighted by Gasteiger charge is 2.08. The second-order valence-electron chi connectivity index (χ2n) is 5.44. The van der Waals surface area contributed by atoms with Gasteiger partial charge in [-0.3, -0.25) is 9.59 Å². The van der Waals surface area contributed by atoms with Crippen LogP contribution in [0.1, 0.15) is 44.5 Å². The average Bonchev–Trinajstić information content (AvgIpc) is 2.44. The van der Waals surface area contributed by atoms with Crippen LogP contribution in [0.4, 0.5) is 5.69 Å². The molecule has 0 aliphatic rings. The molecule has 3 N–H and O–H groups in total. The van der Waals surface area contributed by atoms with Crippen molar-refractivity contribution in [3.8, 4) is 0 Å². The van der Waals surface area contributed by atoms with Gasteiger partial charge in [0.1, 0.15) is 0 Å². The highest BCUT2D eigenvalue weighted by Crippen LogP contribution is 2.09. The highest BCUT2D eigenvalue weighted by atomic mass is 16.2. The second-order valence-corrected chi connectivity index (χ2v) is 5.44. The van der Waals surface area contributed by atoms with Crippen molar-refractivity contribution in [2.75, 3.05) is 11.9 Å². The van der Waals surface area contributed by atoms with E-state index in [9.17, 15) is 9.59 Å². The molecule has 0 radical (unpaired) electrons. The van der Waals surface area contributed by atoms with Crippen molar-refractivity contribution in [2.24, 2.45) is 0 Å². The Hall–Kier alpha value is -2.04. The zero-order chi connectivity index (χ0) is 15.8. The fraction of sp³-hybridized carbons (Fsp3) is 0.500. The van der Waals surface area contributed by atoms with Crippen LogP contribution in [0.2, 0.25) is 0 Å². The molecule has 2 amide bonds. The lowest BCUT2D eigenvalue weighted by Gasteiger charge is -2.12. The van der Waals surface area contributed by atoms with E-state index in [0.717, 1.165) is 12.1 Å². The highest BCUT2D eigenvalue weighted by molar-refractivity contribution is 5.94. The molecule has 0 spiro atoms. The third-order valence-corrected chi connectivity index (χ3v) is 3.04. The quantitative estimate of drug-likeness (QED) is 0.721. The van der Waals surface area contributed by atoms with Crippen LogP contribution in [-0.2, 0) is 4.79 Å². The second kappa shape index (κ2) is 8.29. The summed E-state index contributed by atoms with van der Waals surface area (Å²) in [6.07, 6.45) is 0.899. The van der Waals surface area contributed by atoms with Gasteiger partial charge in [-0.15, -0.1) is 0 Å². The van der Waals surface area contributed by atoms with Crippen LogP contribution < -0.4 is 16.0 Å². The number of rotatable bonds is 7. The zero-order valence-electron chi connectivity index (χ0n) is 13.2. The van der Waals surface area contributed by atoms with Gasteiger partial charge in [-0.25, -0.2) is 0 Å². The number of carbonyl (C=O) groups is 2. The molecule has 0 aliphatic heterocycles. The Morgan fingerprint density at radius 2 is 1.67 bits per heavy atom. The molecule has 0 aromatic heterocycles. The topological polar surface area (TPSA) is 70.2 Å². The molecule has 1 atom stereocenters. The lowest BCUT2D eigenvalue weighted by atomic mass is 10.1. The Morgan fingerprint density at radius 1 is 1.05 bits per heavy atom. The van der Waals surface area contributed by atoms with Gasteiger partial charge >= 0.3 is 0 Å². The predicted molar refractivity (Wildman–Crippen MR) is 85.4 cm³/mol. The number of anilines is 1.